The number of hydrogen-bond donors (Lipinski definition) is 0. The summed E-state index contributed by atoms with van der Waals surface area (Å²) in [6.45, 7) is 0.758. The van der Waals surface area contributed by atoms with Gasteiger partial charge in [0.25, 0.3) is 10.0 Å². The molecule has 23 heavy (non-hydrogen) atoms. The minimum absolute atomic E-state index is 0.0647. The molecule has 1 aromatic heterocycles. The van der Waals surface area contributed by atoms with Crippen LogP contribution in [0.4, 0.5) is 0 Å². The third-order valence-electron chi connectivity index (χ3n) is 4.04. The van der Waals surface area contributed by atoms with E-state index in [2.05, 4.69) is 0 Å². The average Bonchev–Trinajstić information content (AvgIpc) is 3.10. The molecule has 0 bridgehead atoms. The fourth-order valence-electron chi connectivity index (χ4n) is 2.75. The molecule has 7 heteroatoms. The first-order valence-electron chi connectivity index (χ1n) is 7.32. The number of sulfonamides is 1. The van der Waals surface area contributed by atoms with Gasteiger partial charge in [-0.05, 0) is 48.6 Å². The van der Waals surface area contributed by atoms with E-state index < -0.39 is 10.0 Å². The van der Waals surface area contributed by atoms with Crippen LogP contribution in [0.5, 0.6) is 0 Å². The molecule has 1 aromatic carbocycles. The molecule has 0 aliphatic carbocycles. The Hall–Kier alpha value is -1.21. The predicted molar refractivity (Wildman–Crippen MR) is 91.6 cm³/mol. The number of piperidine rings is 1. The van der Waals surface area contributed by atoms with Crippen LogP contribution in [0.1, 0.15) is 23.2 Å². The molecule has 4 nitrogen and oxygen atoms in total. The van der Waals surface area contributed by atoms with E-state index >= 15 is 0 Å². The van der Waals surface area contributed by atoms with Crippen LogP contribution in [-0.4, -0.2) is 31.6 Å². The highest BCUT2D eigenvalue weighted by Crippen LogP contribution is 2.28. The van der Waals surface area contributed by atoms with Crippen LogP contribution in [0.25, 0.3) is 0 Å². The van der Waals surface area contributed by atoms with Crippen molar-refractivity contribution < 1.29 is 13.2 Å². The summed E-state index contributed by atoms with van der Waals surface area (Å²) in [4.78, 5) is 12.5. The van der Waals surface area contributed by atoms with Crippen LogP contribution >= 0.6 is 22.9 Å². The number of benzene rings is 1. The quantitative estimate of drug-likeness (QED) is 0.772. The Morgan fingerprint density at radius 2 is 1.78 bits per heavy atom. The molecule has 0 radical (unpaired) electrons. The largest absolute Gasteiger partial charge is 0.294 e. The Bertz CT molecular complexity index is 777. The summed E-state index contributed by atoms with van der Waals surface area (Å²) >= 11 is 7.06. The van der Waals surface area contributed by atoms with Crippen LogP contribution in [0, 0.1) is 5.92 Å². The molecule has 0 amide bonds. The van der Waals surface area contributed by atoms with Crippen molar-refractivity contribution in [2.24, 2.45) is 5.92 Å². The van der Waals surface area contributed by atoms with E-state index in [-0.39, 0.29) is 11.7 Å². The molecule has 1 aliphatic heterocycles. The minimum atomic E-state index is -3.41. The standard InChI is InChI=1S/C16H16ClNO3S2/c17-14-5-3-12(4-6-14)16(19)13-7-9-18(10-8-13)23(20,21)15-2-1-11-22-15/h1-6,11,13H,7-10H2. The molecule has 1 aliphatic rings. The molecule has 1 fully saturated rings. The molecule has 0 atom stereocenters. The number of ketones is 1. The van der Waals surface area contributed by atoms with Crippen molar-refractivity contribution in [3.63, 3.8) is 0 Å². The number of nitrogens with zero attached hydrogens (tertiary/aromatic N) is 1. The summed E-state index contributed by atoms with van der Waals surface area (Å²) in [5.41, 5.74) is 0.633. The molecular weight excluding hydrogens is 354 g/mol. The van der Waals surface area contributed by atoms with Crippen LogP contribution < -0.4 is 0 Å². The van der Waals surface area contributed by atoms with Gasteiger partial charge in [-0.2, -0.15) is 4.31 Å². The van der Waals surface area contributed by atoms with Crippen LogP contribution in [-0.2, 0) is 10.0 Å². The molecule has 122 valence electrons. The Balaban J connectivity index is 1.67. The number of carbonyl (C=O) groups excluding carboxylic acids is 1. The fourth-order valence-corrected chi connectivity index (χ4v) is 5.49. The van der Waals surface area contributed by atoms with E-state index in [9.17, 15) is 13.2 Å². The number of Topliss-reactive ketones (excluding diaryl/α,β-unsaturated/α-hetero) is 1. The molecule has 1 saturated heterocycles. The van der Waals surface area contributed by atoms with E-state index in [1.807, 2.05) is 0 Å². The summed E-state index contributed by atoms with van der Waals surface area (Å²) in [5, 5.41) is 2.35. The fraction of sp³-hybridized carbons (Fsp3) is 0.312. The van der Waals surface area contributed by atoms with Gasteiger partial charge in [0, 0.05) is 29.6 Å². The van der Waals surface area contributed by atoms with Gasteiger partial charge in [-0.3, -0.25) is 4.79 Å². The van der Waals surface area contributed by atoms with Crippen molar-refractivity contribution >= 4 is 38.7 Å². The maximum atomic E-state index is 12.5. The molecule has 3 rings (SSSR count). The average molecular weight is 370 g/mol. The maximum Gasteiger partial charge on any atom is 0.252 e. The van der Waals surface area contributed by atoms with E-state index in [0.29, 0.717) is 40.7 Å². The normalized spacial score (nSPS) is 17.3. The third kappa shape index (κ3) is 3.50. The van der Waals surface area contributed by atoms with Gasteiger partial charge in [0.1, 0.15) is 4.21 Å². The molecular formula is C16H16ClNO3S2. The van der Waals surface area contributed by atoms with Crippen LogP contribution in [0.15, 0.2) is 46.0 Å². The van der Waals surface area contributed by atoms with Crippen LogP contribution in [0.3, 0.4) is 0 Å². The highest BCUT2D eigenvalue weighted by Gasteiger charge is 2.32. The van der Waals surface area contributed by atoms with Crippen molar-refractivity contribution in [1.29, 1.82) is 0 Å². The van der Waals surface area contributed by atoms with Gasteiger partial charge in [-0.15, -0.1) is 11.3 Å². The SMILES string of the molecule is O=C(c1ccc(Cl)cc1)C1CCN(S(=O)(=O)c2cccs2)CC1. The summed E-state index contributed by atoms with van der Waals surface area (Å²) < 4.78 is 26.8. The monoisotopic (exact) mass is 369 g/mol. The number of hydrogen-bond acceptors (Lipinski definition) is 4. The highest BCUT2D eigenvalue weighted by atomic mass is 35.5. The second kappa shape index (κ2) is 6.73. The molecule has 0 unspecified atom stereocenters. The van der Waals surface area contributed by atoms with Gasteiger partial charge in [-0.25, -0.2) is 8.42 Å². The second-order valence-electron chi connectivity index (χ2n) is 5.48. The van der Waals surface area contributed by atoms with Crippen molar-refractivity contribution in [3.05, 3.63) is 52.4 Å². The van der Waals surface area contributed by atoms with E-state index in [4.69, 9.17) is 11.6 Å². The maximum absolute atomic E-state index is 12.5. The van der Waals surface area contributed by atoms with E-state index in [1.165, 1.54) is 15.6 Å². The van der Waals surface area contributed by atoms with Crippen molar-refractivity contribution in [2.75, 3.05) is 13.1 Å². The number of rotatable bonds is 4. The third-order valence-corrected chi connectivity index (χ3v) is 7.57. The lowest BCUT2D eigenvalue weighted by Crippen LogP contribution is -2.40. The zero-order valence-corrected chi connectivity index (χ0v) is 14.7. The Labute approximate surface area is 144 Å². The first-order valence-corrected chi connectivity index (χ1v) is 10.0. The molecule has 2 aromatic rings. The Morgan fingerprint density at radius 1 is 1.13 bits per heavy atom. The molecule has 2 heterocycles. The van der Waals surface area contributed by atoms with Crippen molar-refractivity contribution in [2.45, 2.75) is 17.1 Å². The van der Waals surface area contributed by atoms with E-state index in [1.54, 1.807) is 41.8 Å². The lowest BCUT2D eigenvalue weighted by Gasteiger charge is -2.30. The second-order valence-corrected chi connectivity index (χ2v) is 9.03. The Kier molecular flexibility index (Phi) is 4.87. The first kappa shape index (κ1) is 16.6. The molecule has 0 N–H and O–H groups in total. The Morgan fingerprint density at radius 3 is 2.35 bits per heavy atom. The van der Waals surface area contributed by atoms with E-state index in [0.717, 1.165) is 0 Å². The van der Waals surface area contributed by atoms with Gasteiger partial charge in [0.05, 0.1) is 0 Å². The van der Waals surface area contributed by atoms with Gasteiger partial charge in [0.2, 0.25) is 0 Å². The summed E-state index contributed by atoms with van der Waals surface area (Å²) in [7, 11) is -3.41. The van der Waals surface area contributed by atoms with Crippen molar-refractivity contribution in [1.82, 2.24) is 4.31 Å². The zero-order valence-electron chi connectivity index (χ0n) is 12.3. The number of halogens is 1. The lowest BCUT2D eigenvalue weighted by atomic mass is 9.90. The number of carbonyl (C=O) groups is 1. The lowest BCUT2D eigenvalue weighted by molar-refractivity contribution is 0.0875. The summed E-state index contributed by atoms with van der Waals surface area (Å²) in [5.74, 6) is -0.0687. The van der Waals surface area contributed by atoms with Gasteiger partial charge >= 0.3 is 0 Å². The highest BCUT2D eigenvalue weighted by molar-refractivity contribution is 7.91. The van der Waals surface area contributed by atoms with Crippen LogP contribution in [0.2, 0.25) is 5.02 Å². The van der Waals surface area contributed by atoms with Crippen molar-refractivity contribution in [3.8, 4) is 0 Å². The van der Waals surface area contributed by atoms with Gasteiger partial charge in [-0.1, -0.05) is 17.7 Å². The summed E-state index contributed by atoms with van der Waals surface area (Å²) in [6.07, 6.45) is 1.10. The molecule has 0 saturated carbocycles. The first-order chi connectivity index (χ1) is 11.0. The zero-order chi connectivity index (χ0) is 16.4. The topological polar surface area (TPSA) is 54.5 Å². The molecule has 0 spiro atoms. The minimum Gasteiger partial charge on any atom is -0.294 e. The van der Waals surface area contributed by atoms with Gasteiger partial charge < -0.3 is 0 Å². The summed E-state index contributed by atoms with van der Waals surface area (Å²) in [6, 6.07) is 10.2. The number of thiophene rings is 1. The van der Waals surface area contributed by atoms with Gasteiger partial charge in [0.15, 0.2) is 5.78 Å². The smallest absolute Gasteiger partial charge is 0.252 e. The predicted octanol–water partition coefficient (Wildman–Crippen LogP) is 3.69.